The number of hydrogen-bond donors (Lipinski definition) is 1. The molecule has 1 N–H and O–H groups in total. The Morgan fingerprint density at radius 1 is 1.17 bits per heavy atom. The van der Waals surface area contributed by atoms with Gasteiger partial charge >= 0.3 is 35.6 Å². The van der Waals surface area contributed by atoms with Gasteiger partial charge in [-0.05, 0) is 23.9 Å². The molecule has 0 fully saturated rings. The molecule has 0 radical (unpaired) electrons. The molecule has 0 aromatic heterocycles. The molecule has 0 heterocycles. The van der Waals surface area contributed by atoms with Gasteiger partial charge in [-0.3, -0.25) is 4.99 Å². The van der Waals surface area contributed by atoms with Crippen molar-refractivity contribution in [3.63, 3.8) is 0 Å². The van der Waals surface area contributed by atoms with Gasteiger partial charge in [-0.1, -0.05) is 38.9 Å². The third kappa shape index (κ3) is 6.06. The van der Waals surface area contributed by atoms with E-state index in [4.69, 9.17) is 18.6 Å². The van der Waals surface area contributed by atoms with Crippen molar-refractivity contribution in [1.82, 2.24) is 0 Å². The van der Waals surface area contributed by atoms with Gasteiger partial charge in [0.2, 0.25) is 0 Å². The van der Waals surface area contributed by atoms with Crippen LogP contribution in [0, 0.1) is 6.92 Å². The molecule has 0 spiro atoms. The summed E-state index contributed by atoms with van der Waals surface area (Å²) in [6, 6.07) is 12.1. The van der Waals surface area contributed by atoms with Gasteiger partial charge in [-0.25, -0.2) is 0 Å². The van der Waals surface area contributed by atoms with Gasteiger partial charge in [-0.15, -0.1) is 0 Å². The van der Waals surface area contributed by atoms with E-state index in [2.05, 4.69) is 24.0 Å². The Kier molecular flexibility index (Phi) is 9.96. The number of benzene rings is 2. The van der Waals surface area contributed by atoms with Gasteiger partial charge in [0.15, 0.2) is 0 Å². The summed E-state index contributed by atoms with van der Waals surface area (Å²) in [6.45, 7) is 2.10. The van der Waals surface area contributed by atoms with Crippen LogP contribution in [0.25, 0.3) is 0 Å². The van der Waals surface area contributed by atoms with E-state index in [0.29, 0.717) is 14.3 Å². The molecule has 0 saturated carbocycles. The van der Waals surface area contributed by atoms with Crippen LogP contribution in [0.2, 0.25) is 0 Å². The molecule has 24 heavy (non-hydrogen) atoms. The van der Waals surface area contributed by atoms with E-state index < -0.39 is 17.0 Å². The Morgan fingerprint density at radius 2 is 1.79 bits per heavy atom. The molecule has 0 amide bonds. The number of aryl methyl sites for hydroxylation is 1. The minimum absolute atomic E-state index is 0.364. The van der Waals surface area contributed by atoms with E-state index in [-0.39, 0.29) is 0 Å². The molecule has 1 atom stereocenters. The first-order valence-electron chi connectivity index (χ1n) is 7.20. The third-order valence-corrected chi connectivity index (χ3v) is 4.94. The number of aromatic hydroxyl groups is 1. The monoisotopic (exact) mass is 418 g/mol. The van der Waals surface area contributed by atoms with Crippen molar-refractivity contribution >= 4 is 49.7 Å². The first-order chi connectivity index (χ1) is 11.5. The number of nitrogens with zero attached hydrogens (tertiary/aromatic N) is 2. The van der Waals surface area contributed by atoms with Crippen LogP contribution in [0.3, 0.4) is 0 Å². The number of rotatable bonds is 4. The second kappa shape index (κ2) is 11.1. The van der Waals surface area contributed by atoms with Crippen LogP contribution >= 0.6 is 27.2 Å². The Balaban J connectivity index is 0.000000891. The zero-order chi connectivity index (χ0) is 18.1. The van der Waals surface area contributed by atoms with Crippen molar-refractivity contribution in [2.75, 3.05) is 26.0 Å². The molecule has 2 rings (SSSR count). The number of anilines is 1. The summed E-state index contributed by atoms with van der Waals surface area (Å²) >= 11 is -0.556. The molecule has 2 aromatic rings. The van der Waals surface area contributed by atoms with Gasteiger partial charge in [0.25, 0.3) is 0 Å². The van der Waals surface area contributed by atoms with Crippen molar-refractivity contribution in [3.8, 4) is 5.75 Å². The maximum atomic E-state index is 10.5. The van der Waals surface area contributed by atoms with Crippen LogP contribution in [0.4, 0.5) is 5.69 Å². The van der Waals surface area contributed by atoms with Crippen LogP contribution in [-0.2, 0) is 17.0 Å². The van der Waals surface area contributed by atoms with Crippen molar-refractivity contribution in [1.29, 1.82) is 0 Å². The summed E-state index contributed by atoms with van der Waals surface area (Å²) in [6.07, 6.45) is 1.88. The fourth-order valence-electron chi connectivity index (χ4n) is 2.24. The summed E-state index contributed by atoms with van der Waals surface area (Å²) in [5.74, 6) is 0.364. The summed E-state index contributed by atoms with van der Waals surface area (Å²) in [5, 5.41) is 12.7. The Bertz CT molecular complexity index is 696. The average molecular weight is 419 g/mol. The van der Waals surface area contributed by atoms with Crippen LogP contribution in [0.1, 0.15) is 11.1 Å². The molecule has 2 aromatic carbocycles. The summed E-state index contributed by atoms with van der Waals surface area (Å²) in [7, 11) is 15.8. The van der Waals surface area contributed by atoms with E-state index in [1.54, 1.807) is 7.05 Å². The van der Waals surface area contributed by atoms with Crippen molar-refractivity contribution < 1.29 is 22.1 Å². The predicted octanol–water partition coefficient (Wildman–Crippen LogP) is 3.82. The maximum absolute atomic E-state index is 10.5. The topological polar surface area (TPSA) is 35.8 Å². The van der Waals surface area contributed by atoms with E-state index >= 15 is 0 Å². The average Bonchev–Trinajstić information content (AvgIpc) is 2.53. The van der Waals surface area contributed by atoms with E-state index in [0.717, 1.165) is 16.6 Å². The van der Waals surface area contributed by atoms with Gasteiger partial charge in [-0.2, -0.15) is 0 Å². The molecule has 0 saturated heterocycles. The zero-order valence-corrected chi connectivity index (χ0v) is 18.2. The van der Waals surface area contributed by atoms with Gasteiger partial charge in [0.1, 0.15) is 5.75 Å². The Hall–Kier alpha value is -0.566. The summed E-state index contributed by atoms with van der Waals surface area (Å²) < 4.78 is 0. The van der Waals surface area contributed by atoms with E-state index in [1.807, 2.05) is 49.5 Å². The van der Waals surface area contributed by atoms with E-state index in [1.165, 1.54) is 10.9 Å². The molecule has 3 nitrogen and oxygen atoms in total. The number of phenols is 1. The summed E-state index contributed by atoms with van der Waals surface area (Å²) in [4.78, 5) is 6.05. The fraction of sp³-hybridized carbons (Fsp3) is 0.235. The Morgan fingerprint density at radius 3 is 2.38 bits per heavy atom. The number of hydrogen-bond acceptors (Lipinski definition) is 3. The molecular weight excluding hydrogens is 398 g/mol. The molecule has 1 unspecified atom stereocenters. The molecular formula is C17H21Cl2N2OPTi. The molecule has 0 bridgehead atoms. The molecule has 0 aliphatic heterocycles. The van der Waals surface area contributed by atoms with Crippen LogP contribution in [0.5, 0.6) is 5.75 Å². The van der Waals surface area contributed by atoms with Crippen LogP contribution in [0.15, 0.2) is 41.4 Å². The second-order valence-electron chi connectivity index (χ2n) is 5.19. The summed E-state index contributed by atoms with van der Waals surface area (Å²) in [5.41, 5.74) is 3.19. The molecule has 128 valence electrons. The van der Waals surface area contributed by atoms with Crippen molar-refractivity contribution in [2.24, 2.45) is 4.99 Å². The number of para-hydroxylation sites is 1. The molecule has 7 heteroatoms. The zero-order valence-electron chi connectivity index (χ0n) is 14.1. The van der Waals surface area contributed by atoms with Gasteiger partial charge in [0.05, 0.1) is 5.69 Å². The minimum atomic E-state index is -0.556. The third-order valence-electron chi connectivity index (χ3n) is 3.33. The Labute approximate surface area is 162 Å². The van der Waals surface area contributed by atoms with Gasteiger partial charge < -0.3 is 10.0 Å². The molecule has 0 aliphatic carbocycles. The standard InChI is InChI=1S/C17H21N2OP.2ClH.Ti/c1-12-7-5-8-13(11-18-2)17(12)21-15-10-6-9-14(16(15)20)19(3)4;;;/h5-11,20-21H,1-4H3;2*1H;/q;;;+2/p-2. The van der Waals surface area contributed by atoms with Crippen molar-refractivity contribution in [2.45, 2.75) is 6.92 Å². The van der Waals surface area contributed by atoms with E-state index in [9.17, 15) is 5.11 Å². The normalized spacial score (nSPS) is 10.8. The SMILES string of the molecule is CN=Cc1cccc(C)c1Pc1cccc(N(C)C)c1O.[Cl][Ti][Cl]. The first kappa shape index (κ1) is 21.5. The fourth-order valence-corrected chi connectivity index (χ4v) is 3.50. The quantitative estimate of drug-likeness (QED) is 0.465. The number of halogens is 2. The first-order valence-corrected chi connectivity index (χ1v) is 12.5. The molecule has 0 aliphatic rings. The van der Waals surface area contributed by atoms with Crippen molar-refractivity contribution in [3.05, 3.63) is 47.5 Å². The second-order valence-corrected chi connectivity index (χ2v) is 9.06. The van der Waals surface area contributed by atoms with Crippen LogP contribution < -0.4 is 15.5 Å². The predicted molar refractivity (Wildman–Crippen MR) is 106 cm³/mol. The van der Waals surface area contributed by atoms with Crippen LogP contribution in [-0.4, -0.2) is 32.5 Å². The number of aliphatic imine (C=N–C) groups is 1. The van der Waals surface area contributed by atoms with Gasteiger partial charge in [0, 0.05) is 38.2 Å². The number of phenolic OH excluding ortho intramolecular Hbond substituents is 1.